The lowest BCUT2D eigenvalue weighted by atomic mass is 10.1. The first-order chi connectivity index (χ1) is 14.3. The van der Waals surface area contributed by atoms with Crippen LogP contribution in [0.3, 0.4) is 0 Å². The van der Waals surface area contributed by atoms with Crippen LogP contribution in [0, 0.1) is 0 Å². The van der Waals surface area contributed by atoms with E-state index in [-0.39, 0.29) is 28.6 Å². The Balaban J connectivity index is 1.92. The molecule has 0 radical (unpaired) electrons. The zero-order chi connectivity index (χ0) is 21.8. The van der Waals surface area contributed by atoms with Gasteiger partial charge in [-0.1, -0.05) is 11.6 Å². The minimum atomic E-state index is -1.20. The van der Waals surface area contributed by atoms with E-state index in [1.54, 1.807) is 12.1 Å². The van der Waals surface area contributed by atoms with Crippen LogP contribution in [0.25, 0.3) is 6.08 Å². The van der Waals surface area contributed by atoms with Crippen LogP contribution in [-0.4, -0.2) is 47.5 Å². The molecule has 2 heterocycles. The highest BCUT2D eigenvalue weighted by Crippen LogP contribution is 2.37. The fraction of sp³-hybridized carbons (Fsp3) is 0.158. The Bertz CT molecular complexity index is 1050. The van der Waals surface area contributed by atoms with Gasteiger partial charge in [-0.2, -0.15) is 0 Å². The number of imide groups is 2. The second kappa shape index (κ2) is 8.70. The van der Waals surface area contributed by atoms with Crippen LogP contribution in [0.4, 0.5) is 4.79 Å². The number of benzene rings is 1. The van der Waals surface area contributed by atoms with Crippen molar-refractivity contribution in [2.75, 3.05) is 13.7 Å². The SMILES string of the molecule is COc1cc(/C=C2\C(=O)NC(=O)N(Cc3ccco3)C2=O)cc(Cl)c1OCC(=O)O. The van der Waals surface area contributed by atoms with Gasteiger partial charge in [-0.25, -0.2) is 9.59 Å². The first kappa shape index (κ1) is 20.9. The zero-order valence-corrected chi connectivity index (χ0v) is 16.3. The van der Waals surface area contributed by atoms with E-state index in [2.05, 4.69) is 5.32 Å². The van der Waals surface area contributed by atoms with Gasteiger partial charge in [0, 0.05) is 0 Å². The van der Waals surface area contributed by atoms with E-state index in [9.17, 15) is 19.2 Å². The molecule has 0 unspecified atom stereocenters. The molecule has 0 saturated carbocycles. The molecule has 1 aromatic heterocycles. The number of halogens is 1. The third-order valence-electron chi connectivity index (χ3n) is 3.98. The van der Waals surface area contributed by atoms with Crippen molar-refractivity contribution in [1.82, 2.24) is 10.2 Å². The smallest absolute Gasteiger partial charge is 0.341 e. The lowest BCUT2D eigenvalue weighted by Gasteiger charge is -2.25. The van der Waals surface area contributed by atoms with Crippen LogP contribution >= 0.6 is 11.6 Å². The normalized spacial score (nSPS) is 15.3. The molecule has 4 amide bonds. The molecule has 0 aliphatic carbocycles. The number of furan rings is 1. The van der Waals surface area contributed by atoms with Gasteiger partial charge in [0.1, 0.15) is 11.3 Å². The van der Waals surface area contributed by atoms with Crippen LogP contribution < -0.4 is 14.8 Å². The van der Waals surface area contributed by atoms with Gasteiger partial charge in [0.15, 0.2) is 18.1 Å². The minimum absolute atomic E-state index is 0.00207. The average Bonchev–Trinajstić information content (AvgIpc) is 3.20. The summed E-state index contributed by atoms with van der Waals surface area (Å²) in [4.78, 5) is 48.6. The van der Waals surface area contributed by atoms with Crippen LogP contribution in [0.2, 0.25) is 5.02 Å². The molecular formula is C19H15ClN2O8. The highest BCUT2D eigenvalue weighted by molar-refractivity contribution is 6.33. The van der Waals surface area contributed by atoms with E-state index in [1.807, 2.05) is 0 Å². The number of barbiturate groups is 1. The third-order valence-corrected chi connectivity index (χ3v) is 4.26. The van der Waals surface area contributed by atoms with Crippen molar-refractivity contribution in [3.8, 4) is 11.5 Å². The first-order valence-corrected chi connectivity index (χ1v) is 8.81. The summed E-state index contributed by atoms with van der Waals surface area (Å²) < 4.78 is 15.4. The number of ether oxygens (including phenoxy) is 2. The van der Waals surface area contributed by atoms with Crippen molar-refractivity contribution in [3.05, 3.63) is 52.4 Å². The summed E-state index contributed by atoms with van der Waals surface area (Å²) in [5.41, 5.74) is -0.0104. The number of amides is 4. The maximum Gasteiger partial charge on any atom is 0.341 e. The summed E-state index contributed by atoms with van der Waals surface area (Å²) in [5.74, 6) is -2.44. The van der Waals surface area contributed by atoms with Gasteiger partial charge < -0.3 is 19.0 Å². The van der Waals surface area contributed by atoms with Gasteiger partial charge in [0.2, 0.25) is 0 Å². The lowest BCUT2D eigenvalue weighted by Crippen LogP contribution is -2.53. The lowest BCUT2D eigenvalue weighted by molar-refractivity contribution is -0.139. The van der Waals surface area contributed by atoms with Crippen LogP contribution in [0.1, 0.15) is 11.3 Å². The molecule has 1 aliphatic rings. The highest BCUT2D eigenvalue weighted by atomic mass is 35.5. The van der Waals surface area contributed by atoms with Gasteiger partial charge in [-0.05, 0) is 35.9 Å². The quantitative estimate of drug-likeness (QED) is 0.499. The number of rotatable bonds is 7. The number of nitrogens with zero attached hydrogens (tertiary/aromatic N) is 1. The van der Waals surface area contributed by atoms with Gasteiger partial charge in [-0.3, -0.25) is 19.8 Å². The Labute approximate surface area is 174 Å². The predicted molar refractivity (Wildman–Crippen MR) is 102 cm³/mol. The average molecular weight is 435 g/mol. The van der Waals surface area contributed by atoms with Crippen LogP contribution in [-0.2, 0) is 20.9 Å². The van der Waals surface area contributed by atoms with Gasteiger partial charge >= 0.3 is 12.0 Å². The van der Waals surface area contributed by atoms with Crippen molar-refractivity contribution in [1.29, 1.82) is 0 Å². The number of carboxylic acids is 1. The first-order valence-electron chi connectivity index (χ1n) is 8.43. The summed E-state index contributed by atoms with van der Waals surface area (Å²) in [6.07, 6.45) is 2.63. The van der Waals surface area contributed by atoms with E-state index in [1.165, 1.54) is 31.6 Å². The second-order valence-electron chi connectivity index (χ2n) is 6.00. The molecule has 11 heteroatoms. The summed E-state index contributed by atoms with van der Waals surface area (Å²) in [7, 11) is 1.32. The fourth-order valence-electron chi connectivity index (χ4n) is 2.66. The van der Waals surface area contributed by atoms with E-state index in [0.717, 1.165) is 4.90 Å². The number of hydrogen-bond donors (Lipinski definition) is 2. The maximum absolute atomic E-state index is 12.7. The van der Waals surface area contributed by atoms with Crippen molar-refractivity contribution < 1.29 is 38.2 Å². The minimum Gasteiger partial charge on any atom is -0.493 e. The van der Waals surface area contributed by atoms with E-state index < -0.39 is 30.4 Å². The van der Waals surface area contributed by atoms with Crippen molar-refractivity contribution in [3.63, 3.8) is 0 Å². The van der Waals surface area contributed by atoms with E-state index in [0.29, 0.717) is 11.3 Å². The number of methoxy groups -OCH3 is 1. The number of hydrogen-bond acceptors (Lipinski definition) is 7. The molecule has 10 nitrogen and oxygen atoms in total. The van der Waals surface area contributed by atoms with E-state index >= 15 is 0 Å². The standard InChI is InChI=1S/C19H15ClN2O8/c1-28-14-7-10(6-13(20)16(14)30-9-15(23)24)5-12-17(25)21-19(27)22(18(12)26)8-11-3-2-4-29-11/h2-7H,8-9H2,1H3,(H,23,24)(H,21,25,27)/b12-5+. The van der Waals surface area contributed by atoms with Gasteiger partial charge in [0.05, 0.1) is 24.9 Å². The molecule has 1 fully saturated rings. The molecule has 2 aromatic rings. The van der Waals surface area contributed by atoms with Crippen molar-refractivity contribution >= 4 is 41.5 Å². The van der Waals surface area contributed by atoms with E-state index in [4.69, 9.17) is 30.6 Å². The topological polar surface area (TPSA) is 135 Å². The molecule has 156 valence electrons. The summed E-state index contributed by atoms with van der Waals surface area (Å²) in [5, 5.41) is 10.9. The molecule has 0 atom stereocenters. The zero-order valence-electron chi connectivity index (χ0n) is 15.5. The summed E-state index contributed by atoms with van der Waals surface area (Å²) >= 11 is 6.14. The van der Waals surface area contributed by atoms with Gasteiger partial charge in [0.25, 0.3) is 11.8 Å². The fourth-order valence-corrected chi connectivity index (χ4v) is 2.93. The molecule has 0 bridgehead atoms. The Hall–Kier alpha value is -3.79. The predicted octanol–water partition coefficient (Wildman–Crippen LogP) is 2.07. The maximum atomic E-state index is 12.7. The molecular weight excluding hydrogens is 420 g/mol. The third kappa shape index (κ3) is 4.44. The molecule has 3 rings (SSSR count). The number of carbonyl (C=O) groups is 4. The Morgan fingerprint density at radius 3 is 2.73 bits per heavy atom. The second-order valence-corrected chi connectivity index (χ2v) is 6.41. The Morgan fingerprint density at radius 2 is 2.10 bits per heavy atom. The van der Waals surface area contributed by atoms with Gasteiger partial charge in [-0.15, -0.1) is 0 Å². The molecule has 1 saturated heterocycles. The van der Waals surface area contributed by atoms with Crippen molar-refractivity contribution in [2.45, 2.75) is 6.54 Å². The monoisotopic (exact) mass is 434 g/mol. The molecule has 30 heavy (non-hydrogen) atoms. The Morgan fingerprint density at radius 1 is 1.33 bits per heavy atom. The summed E-state index contributed by atoms with van der Waals surface area (Å²) in [6.45, 7) is -0.796. The largest absolute Gasteiger partial charge is 0.493 e. The number of nitrogens with one attached hydrogen (secondary N) is 1. The molecule has 2 N–H and O–H groups in total. The number of aliphatic carboxylic acids is 1. The molecule has 1 aromatic carbocycles. The van der Waals surface area contributed by atoms with Crippen LogP contribution in [0.15, 0.2) is 40.5 Å². The summed E-state index contributed by atoms with van der Waals surface area (Å²) in [6, 6.07) is 5.09. The number of urea groups is 1. The van der Waals surface area contributed by atoms with Crippen molar-refractivity contribution in [2.24, 2.45) is 0 Å². The highest BCUT2D eigenvalue weighted by Gasteiger charge is 2.36. The number of carboxylic acid groups (broad SMARTS) is 1. The molecule has 1 aliphatic heterocycles. The molecule has 0 spiro atoms. The van der Waals surface area contributed by atoms with Crippen LogP contribution in [0.5, 0.6) is 11.5 Å². The number of carbonyl (C=O) groups excluding carboxylic acids is 3. The Kier molecular flexibility index (Phi) is 6.07.